The topological polar surface area (TPSA) is 25.2 Å². The van der Waals surface area contributed by atoms with Gasteiger partial charge in [-0.15, -0.1) is 0 Å². The van der Waals surface area contributed by atoms with Crippen LogP contribution in [0.3, 0.4) is 0 Å². The van der Waals surface area contributed by atoms with Gasteiger partial charge in [0.25, 0.3) is 5.91 Å². The maximum Gasteiger partial charge on any atom is 0.256 e. The lowest BCUT2D eigenvalue weighted by Crippen LogP contribution is -2.39. The Kier molecular flexibility index (Phi) is 3.58. The van der Waals surface area contributed by atoms with Crippen LogP contribution in [-0.2, 0) is 7.05 Å². The van der Waals surface area contributed by atoms with Crippen molar-refractivity contribution >= 4 is 22.9 Å². The zero-order valence-corrected chi connectivity index (χ0v) is 12.8. The molecule has 0 bridgehead atoms. The molecule has 1 amide bonds. The normalized spacial score (nSPS) is 19.0. The Bertz CT molecular complexity index is 699. The van der Waals surface area contributed by atoms with Crippen molar-refractivity contribution in [2.45, 2.75) is 19.8 Å². The van der Waals surface area contributed by atoms with E-state index in [1.807, 2.05) is 40.9 Å². The molecule has 21 heavy (non-hydrogen) atoms. The minimum atomic E-state index is 0.165. The van der Waals surface area contributed by atoms with Gasteiger partial charge in [-0.1, -0.05) is 31.7 Å². The van der Waals surface area contributed by atoms with Gasteiger partial charge >= 0.3 is 0 Å². The Balaban J connectivity index is 2.00. The molecule has 0 radical (unpaired) electrons. The largest absolute Gasteiger partial charge is 0.350 e. The van der Waals surface area contributed by atoms with Crippen LogP contribution in [0.4, 0.5) is 0 Å². The van der Waals surface area contributed by atoms with Crippen molar-refractivity contribution in [1.29, 1.82) is 0 Å². The first kappa shape index (κ1) is 13.9. The molecule has 1 aliphatic heterocycles. The van der Waals surface area contributed by atoms with E-state index in [-0.39, 0.29) is 5.91 Å². The molecule has 0 saturated carbocycles. The summed E-state index contributed by atoms with van der Waals surface area (Å²) in [5, 5.41) is 1.03. The number of benzene rings is 1. The van der Waals surface area contributed by atoms with E-state index in [0.717, 1.165) is 41.5 Å². The van der Waals surface area contributed by atoms with Crippen LogP contribution in [0.1, 0.15) is 35.7 Å². The molecule has 3 nitrogen and oxygen atoms in total. The van der Waals surface area contributed by atoms with E-state index in [2.05, 4.69) is 19.6 Å². The van der Waals surface area contributed by atoms with Crippen molar-refractivity contribution in [2.75, 3.05) is 13.1 Å². The van der Waals surface area contributed by atoms with Crippen molar-refractivity contribution in [1.82, 2.24) is 9.47 Å². The Morgan fingerprint density at radius 2 is 2.24 bits per heavy atom. The second-order valence-corrected chi connectivity index (χ2v) is 6.13. The van der Waals surface area contributed by atoms with Gasteiger partial charge in [0.1, 0.15) is 0 Å². The Morgan fingerprint density at radius 1 is 1.43 bits per heavy atom. The quantitative estimate of drug-likeness (QED) is 0.824. The summed E-state index contributed by atoms with van der Waals surface area (Å²) in [6.07, 6.45) is 6.12. The third kappa shape index (κ3) is 2.48. The highest BCUT2D eigenvalue weighted by molar-refractivity contribution is 6.07. The fourth-order valence-corrected chi connectivity index (χ4v) is 3.24. The van der Waals surface area contributed by atoms with Gasteiger partial charge in [0.05, 0.1) is 5.56 Å². The molecule has 3 heteroatoms. The summed E-state index contributed by atoms with van der Waals surface area (Å²) in [7, 11) is 1.99. The highest BCUT2D eigenvalue weighted by Crippen LogP contribution is 2.25. The fourth-order valence-electron chi connectivity index (χ4n) is 3.24. The van der Waals surface area contributed by atoms with Gasteiger partial charge in [-0.2, -0.15) is 0 Å². The summed E-state index contributed by atoms with van der Waals surface area (Å²) in [6, 6.07) is 6.13. The molecule has 1 aromatic carbocycles. The molecule has 0 aliphatic carbocycles. The Hall–Kier alpha value is -2.03. The molecule has 1 saturated heterocycles. The van der Waals surface area contributed by atoms with Gasteiger partial charge in [-0.05, 0) is 30.4 Å². The predicted octanol–water partition coefficient (Wildman–Crippen LogP) is 3.69. The van der Waals surface area contributed by atoms with Crippen LogP contribution in [0.2, 0.25) is 0 Å². The summed E-state index contributed by atoms with van der Waals surface area (Å²) in [5.41, 5.74) is 2.98. The number of carbonyl (C=O) groups is 1. The van der Waals surface area contributed by atoms with E-state index < -0.39 is 0 Å². The molecular weight excluding hydrogens is 260 g/mol. The number of nitrogens with zero attached hydrogens (tertiary/aromatic N) is 2. The molecule has 2 aromatic rings. The van der Waals surface area contributed by atoms with Crippen LogP contribution in [-0.4, -0.2) is 28.5 Å². The fraction of sp³-hybridized carbons (Fsp3) is 0.389. The molecule has 1 aliphatic rings. The van der Waals surface area contributed by atoms with Crippen molar-refractivity contribution in [3.63, 3.8) is 0 Å². The number of aromatic nitrogens is 1. The van der Waals surface area contributed by atoms with Gasteiger partial charge in [0, 0.05) is 37.2 Å². The minimum absolute atomic E-state index is 0.165. The summed E-state index contributed by atoms with van der Waals surface area (Å²) in [6.45, 7) is 7.78. The third-order valence-corrected chi connectivity index (χ3v) is 4.43. The van der Waals surface area contributed by atoms with Crippen LogP contribution in [0, 0.1) is 5.92 Å². The maximum atomic E-state index is 12.8. The van der Waals surface area contributed by atoms with E-state index in [9.17, 15) is 4.79 Å². The molecule has 2 heterocycles. The molecule has 1 aromatic heterocycles. The highest BCUT2D eigenvalue weighted by atomic mass is 16.2. The monoisotopic (exact) mass is 282 g/mol. The molecule has 1 unspecified atom stereocenters. The van der Waals surface area contributed by atoms with E-state index in [1.165, 1.54) is 6.42 Å². The van der Waals surface area contributed by atoms with Crippen molar-refractivity contribution in [3.8, 4) is 0 Å². The van der Waals surface area contributed by atoms with Crippen LogP contribution < -0.4 is 0 Å². The molecule has 0 spiro atoms. The lowest BCUT2D eigenvalue weighted by molar-refractivity contribution is 0.0685. The lowest BCUT2D eigenvalue weighted by Gasteiger charge is -2.30. The molecule has 1 atom stereocenters. The zero-order chi connectivity index (χ0) is 15.0. The van der Waals surface area contributed by atoms with Gasteiger partial charge in [-0.25, -0.2) is 0 Å². The standard InChI is InChI=1S/C18H22N2O/c1-4-14-7-8-15-16(12-19(3)17(15)10-14)18(21)20-9-5-6-13(2)11-20/h4,7-8,10,12-13H,1,5-6,9,11H2,2-3H3. The number of hydrogen-bond acceptors (Lipinski definition) is 1. The molecule has 110 valence electrons. The zero-order valence-electron chi connectivity index (χ0n) is 12.8. The Morgan fingerprint density at radius 3 is 2.95 bits per heavy atom. The van der Waals surface area contributed by atoms with Crippen molar-refractivity contribution < 1.29 is 4.79 Å². The summed E-state index contributed by atoms with van der Waals surface area (Å²) in [5.74, 6) is 0.767. The SMILES string of the molecule is C=Cc1ccc2c(C(=O)N3CCCC(C)C3)cn(C)c2c1. The summed E-state index contributed by atoms with van der Waals surface area (Å²) in [4.78, 5) is 14.8. The van der Waals surface area contributed by atoms with E-state index in [1.54, 1.807) is 0 Å². The molecule has 1 fully saturated rings. The number of likely N-dealkylation sites (tertiary alicyclic amines) is 1. The number of aryl methyl sites for hydroxylation is 1. The smallest absolute Gasteiger partial charge is 0.256 e. The number of amides is 1. The van der Waals surface area contributed by atoms with Crippen LogP contribution in [0.25, 0.3) is 17.0 Å². The third-order valence-electron chi connectivity index (χ3n) is 4.43. The summed E-state index contributed by atoms with van der Waals surface area (Å²) < 4.78 is 2.03. The van der Waals surface area contributed by atoms with Crippen molar-refractivity contribution in [2.24, 2.45) is 13.0 Å². The first-order valence-corrected chi connectivity index (χ1v) is 7.61. The predicted molar refractivity (Wildman–Crippen MR) is 87.3 cm³/mol. The number of rotatable bonds is 2. The second-order valence-electron chi connectivity index (χ2n) is 6.13. The van der Waals surface area contributed by atoms with E-state index in [0.29, 0.717) is 5.92 Å². The number of carbonyl (C=O) groups excluding carboxylic acids is 1. The number of hydrogen-bond donors (Lipinski definition) is 0. The van der Waals surface area contributed by atoms with E-state index in [4.69, 9.17) is 0 Å². The maximum absolute atomic E-state index is 12.8. The second kappa shape index (κ2) is 5.40. The first-order valence-electron chi connectivity index (χ1n) is 7.61. The van der Waals surface area contributed by atoms with Gasteiger partial charge in [-0.3, -0.25) is 4.79 Å². The average molecular weight is 282 g/mol. The van der Waals surface area contributed by atoms with Crippen LogP contribution >= 0.6 is 0 Å². The molecule has 3 rings (SSSR count). The first-order chi connectivity index (χ1) is 10.1. The van der Waals surface area contributed by atoms with Crippen LogP contribution in [0.15, 0.2) is 31.0 Å². The lowest BCUT2D eigenvalue weighted by atomic mass is 9.99. The van der Waals surface area contributed by atoms with Crippen molar-refractivity contribution in [3.05, 3.63) is 42.1 Å². The van der Waals surface area contributed by atoms with Gasteiger partial charge < -0.3 is 9.47 Å². The summed E-state index contributed by atoms with van der Waals surface area (Å²) >= 11 is 0. The molecular formula is C18H22N2O. The highest BCUT2D eigenvalue weighted by Gasteiger charge is 2.24. The average Bonchev–Trinajstić information content (AvgIpc) is 2.83. The van der Waals surface area contributed by atoms with E-state index >= 15 is 0 Å². The number of fused-ring (bicyclic) bond motifs is 1. The van der Waals surface area contributed by atoms with Gasteiger partial charge in [0.2, 0.25) is 0 Å². The number of piperidine rings is 1. The van der Waals surface area contributed by atoms with Gasteiger partial charge in [0.15, 0.2) is 0 Å². The Labute approximate surface area is 125 Å². The molecule has 0 N–H and O–H groups in total. The van der Waals surface area contributed by atoms with Crippen LogP contribution in [0.5, 0.6) is 0 Å². The minimum Gasteiger partial charge on any atom is -0.350 e.